The number of nitrogens with one attached hydrogen (secondary N) is 2. The van der Waals surface area contributed by atoms with Gasteiger partial charge in [0.2, 0.25) is 5.91 Å². The molecule has 0 unspecified atom stereocenters. The van der Waals surface area contributed by atoms with Gasteiger partial charge in [0.25, 0.3) is 5.91 Å². The summed E-state index contributed by atoms with van der Waals surface area (Å²) in [6.07, 6.45) is 3.59. The Morgan fingerprint density at radius 1 is 1.00 bits per heavy atom. The summed E-state index contributed by atoms with van der Waals surface area (Å²) < 4.78 is 2.08. The van der Waals surface area contributed by atoms with Crippen LogP contribution in [0.4, 0.5) is 10.5 Å². The monoisotopic (exact) mass is 498 g/mol. The van der Waals surface area contributed by atoms with Crippen molar-refractivity contribution in [3.63, 3.8) is 0 Å². The zero-order chi connectivity index (χ0) is 25.2. The third-order valence-electron chi connectivity index (χ3n) is 5.98. The van der Waals surface area contributed by atoms with Crippen molar-refractivity contribution in [3.8, 4) is 0 Å². The Balaban J connectivity index is 1.36. The molecule has 180 valence electrons. The number of amides is 4. The number of carbonyl (C=O) groups excluding carboxylic acids is 3. The number of imide groups is 1. The van der Waals surface area contributed by atoms with E-state index in [2.05, 4.69) is 15.2 Å². The Labute approximate surface area is 213 Å². The molecule has 36 heavy (non-hydrogen) atoms. The molecule has 3 aromatic carbocycles. The summed E-state index contributed by atoms with van der Waals surface area (Å²) in [4.78, 5) is 38.9. The number of carbonyl (C=O) groups is 3. The Bertz CT molecular complexity index is 1500. The predicted molar refractivity (Wildman–Crippen MR) is 141 cm³/mol. The number of urea groups is 1. The molecule has 1 saturated heterocycles. The number of para-hydroxylation sites is 1. The SMILES string of the molecule is Cc1ccc(NC(=O)CN2C(=O)N/C(=C/c3cn(Cc4ccc(Cl)cc4)c4ccccc34)C2=O)cc1. The summed E-state index contributed by atoms with van der Waals surface area (Å²) in [7, 11) is 0. The van der Waals surface area contributed by atoms with Crippen molar-refractivity contribution in [2.45, 2.75) is 13.5 Å². The number of rotatable bonds is 6. The summed E-state index contributed by atoms with van der Waals surface area (Å²) in [5.41, 5.74) is 4.64. The topological polar surface area (TPSA) is 83.4 Å². The predicted octanol–water partition coefficient (Wildman–Crippen LogP) is 5.18. The van der Waals surface area contributed by atoms with Gasteiger partial charge in [-0.15, -0.1) is 0 Å². The zero-order valence-corrected chi connectivity index (χ0v) is 20.3. The summed E-state index contributed by atoms with van der Waals surface area (Å²) in [6, 6.07) is 22.1. The van der Waals surface area contributed by atoms with Gasteiger partial charge in [-0.05, 0) is 48.9 Å². The van der Waals surface area contributed by atoms with Crippen molar-refractivity contribution in [2.75, 3.05) is 11.9 Å². The van der Waals surface area contributed by atoms with Gasteiger partial charge in [0.05, 0.1) is 0 Å². The molecule has 0 spiro atoms. The second kappa shape index (κ2) is 9.71. The normalized spacial score (nSPS) is 14.5. The largest absolute Gasteiger partial charge is 0.342 e. The molecule has 1 fully saturated rings. The molecule has 0 radical (unpaired) electrons. The van der Waals surface area contributed by atoms with Crippen LogP contribution in [-0.2, 0) is 16.1 Å². The maximum absolute atomic E-state index is 13.0. The van der Waals surface area contributed by atoms with E-state index in [4.69, 9.17) is 11.6 Å². The summed E-state index contributed by atoms with van der Waals surface area (Å²) in [6.45, 7) is 2.18. The lowest BCUT2D eigenvalue weighted by atomic mass is 10.1. The van der Waals surface area contributed by atoms with Crippen LogP contribution in [0.15, 0.2) is 84.7 Å². The van der Waals surface area contributed by atoms with Crippen molar-refractivity contribution >= 4 is 52.1 Å². The third kappa shape index (κ3) is 4.87. The van der Waals surface area contributed by atoms with Crippen LogP contribution in [0, 0.1) is 6.92 Å². The van der Waals surface area contributed by atoms with Gasteiger partial charge in [0.15, 0.2) is 0 Å². The van der Waals surface area contributed by atoms with E-state index in [0.717, 1.165) is 32.5 Å². The van der Waals surface area contributed by atoms with Crippen LogP contribution >= 0.6 is 11.6 Å². The minimum absolute atomic E-state index is 0.123. The lowest BCUT2D eigenvalue weighted by Gasteiger charge is -2.12. The number of fused-ring (bicyclic) bond motifs is 1. The molecule has 1 aliphatic heterocycles. The number of benzene rings is 3. The lowest BCUT2D eigenvalue weighted by molar-refractivity contribution is -0.127. The average molecular weight is 499 g/mol. The third-order valence-corrected chi connectivity index (χ3v) is 6.24. The second-order valence-electron chi connectivity index (χ2n) is 8.65. The van der Waals surface area contributed by atoms with Crippen LogP contribution in [0.3, 0.4) is 0 Å². The first-order valence-corrected chi connectivity index (χ1v) is 11.8. The van der Waals surface area contributed by atoms with Crippen LogP contribution in [0.1, 0.15) is 16.7 Å². The van der Waals surface area contributed by atoms with Gasteiger partial charge in [0.1, 0.15) is 12.2 Å². The molecule has 8 heteroatoms. The number of anilines is 1. The first-order valence-electron chi connectivity index (χ1n) is 11.4. The average Bonchev–Trinajstić information content (AvgIpc) is 3.34. The zero-order valence-electron chi connectivity index (χ0n) is 19.5. The van der Waals surface area contributed by atoms with Crippen LogP contribution in [0.2, 0.25) is 5.02 Å². The maximum Gasteiger partial charge on any atom is 0.329 e. The number of nitrogens with zero attached hydrogens (tertiary/aromatic N) is 2. The van der Waals surface area contributed by atoms with Crippen LogP contribution in [0.5, 0.6) is 0 Å². The second-order valence-corrected chi connectivity index (χ2v) is 9.09. The Hall–Kier alpha value is -4.36. The molecule has 0 atom stereocenters. The molecule has 2 heterocycles. The first-order chi connectivity index (χ1) is 17.4. The molecule has 1 aromatic heterocycles. The lowest BCUT2D eigenvalue weighted by Crippen LogP contribution is -2.38. The quantitative estimate of drug-likeness (QED) is 0.284. The van der Waals surface area contributed by atoms with Crippen LogP contribution in [0.25, 0.3) is 17.0 Å². The van der Waals surface area contributed by atoms with Crippen LogP contribution in [-0.4, -0.2) is 33.9 Å². The Kier molecular flexibility index (Phi) is 6.31. The van der Waals surface area contributed by atoms with Crippen molar-refractivity contribution in [2.24, 2.45) is 0 Å². The molecule has 0 saturated carbocycles. The van der Waals surface area contributed by atoms with Gasteiger partial charge in [-0.1, -0.05) is 59.6 Å². The molecule has 0 bridgehead atoms. The fraction of sp³-hybridized carbons (Fsp3) is 0.107. The van der Waals surface area contributed by atoms with Crippen LogP contribution < -0.4 is 10.6 Å². The highest BCUT2D eigenvalue weighted by atomic mass is 35.5. The van der Waals surface area contributed by atoms with Gasteiger partial charge in [-0.2, -0.15) is 0 Å². The molecule has 0 aliphatic carbocycles. The number of halogens is 1. The minimum Gasteiger partial charge on any atom is -0.342 e. The van der Waals surface area contributed by atoms with Crippen molar-refractivity contribution in [1.82, 2.24) is 14.8 Å². The number of hydrogen-bond donors (Lipinski definition) is 2. The van der Waals surface area contributed by atoms with E-state index < -0.39 is 17.8 Å². The fourth-order valence-electron chi connectivity index (χ4n) is 4.16. The maximum atomic E-state index is 13.0. The number of aromatic nitrogens is 1. The Morgan fingerprint density at radius 2 is 1.72 bits per heavy atom. The van der Waals surface area contributed by atoms with E-state index in [1.807, 2.05) is 73.8 Å². The van der Waals surface area contributed by atoms with E-state index in [-0.39, 0.29) is 12.2 Å². The number of aryl methyl sites for hydroxylation is 1. The summed E-state index contributed by atoms with van der Waals surface area (Å²) >= 11 is 6.01. The molecule has 2 N–H and O–H groups in total. The first kappa shape index (κ1) is 23.4. The van der Waals surface area contributed by atoms with E-state index in [1.54, 1.807) is 18.2 Å². The molecule has 7 nitrogen and oxygen atoms in total. The van der Waals surface area contributed by atoms with Gasteiger partial charge in [-0.3, -0.25) is 9.59 Å². The fourth-order valence-corrected chi connectivity index (χ4v) is 4.29. The Morgan fingerprint density at radius 3 is 2.47 bits per heavy atom. The standard InChI is InChI=1S/C28H23ClN4O3/c1-18-6-12-22(13-7-18)30-26(34)17-33-27(35)24(31-28(33)36)14-20-16-32(25-5-3-2-4-23(20)25)15-19-8-10-21(29)11-9-19/h2-14,16H,15,17H2,1H3,(H,30,34)(H,31,36)/b24-14+. The molecule has 1 aliphatic rings. The highest BCUT2D eigenvalue weighted by Gasteiger charge is 2.35. The molecule has 4 aromatic rings. The van der Waals surface area contributed by atoms with Crippen molar-refractivity contribution in [1.29, 1.82) is 0 Å². The van der Waals surface area contributed by atoms with E-state index in [9.17, 15) is 14.4 Å². The van der Waals surface area contributed by atoms with Gasteiger partial charge in [-0.25, -0.2) is 9.69 Å². The smallest absolute Gasteiger partial charge is 0.329 e. The molecule has 5 rings (SSSR count). The van der Waals surface area contributed by atoms with Gasteiger partial charge >= 0.3 is 6.03 Å². The van der Waals surface area contributed by atoms with E-state index >= 15 is 0 Å². The molecular formula is C28H23ClN4O3. The van der Waals surface area contributed by atoms with E-state index in [1.165, 1.54) is 0 Å². The minimum atomic E-state index is -0.629. The highest BCUT2D eigenvalue weighted by molar-refractivity contribution is 6.30. The number of hydrogen-bond acceptors (Lipinski definition) is 3. The summed E-state index contributed by atoms with van der Waals surface area (Å²) in [5.74, 6) is -1.00. The molecule has 4 amide bonds. The summed E-state index contributed by atoms with van der Waals surface area (Å²) in [5, 5.41) is 6.93. The van der Waals surface area contributed by atoms with E-state index in [0.29, 0.717) is 17.3 Å². The highest BCUT2D eigenvalue weighted by Crippen LogP contribution is 2.26. The molecular weight excluding hydrogens is 476 g/mol. The van der Waals surface area contributed by atoms with Gasteiger partial charge in [0, 0.05) is 39.9 Å². The van der Waals surface area contributed by atoms with Crippen molar-refractivity contribution in [3.05, 3.63) is 106 Å². The van der Waals surface area contributed by atoms with Crippen molar-refractivity contribution < 1.29 is 14.4 Å². The van der Waals surface area contributed by atoms with Gasteiger partial charge < -0.3 is 15.2 Å².